The molecule has 0 bridgehead atoms. The third-order valence-corrected chi connectivity index (χ3v) is 2.86. The smallest absolute Gasteiger partial charge is 0.0667 e. The standard InChI is InChI=1S/C11H13ClN2O.ClH/c1-14-3-2-7-4-8(10(13)6-15)5-9(12)11(7)14;/h2-5,10,15H,6,13H2,1H3;1H/t10-;/m1./s1. The lowest BCUT2D eigenvalue weighted by Gasteiger charge is -2.10. The second kappa shape index (κ2) is 5.06. The van der Waals surface area contributed by atoms with Gasteiger partial charge in [0.1, 0.15) is 0 Å². The van der Waals surface area contributed by atoms with Crippen LogP contribution in [0.5, 0.6) is 0 Å². The van der Waals surface area contributed by atoms with E-state index in [1.54, 1.807) is 0 Å². The number of aromatic nitrogens is 1. The summed E-state index contributed by atoms with van der Waals surface area (Å²) in [6, 6.07) is 5.38. The molecule has 2 aromatic rings. The van der Waals surface area contributed by atoms with Crippen LogP contribution in [0.2, 0.25) is 5.02 Å². The lowest BCUT2D eigenvalue weighted by Crippen LogP contribution is -2.14. The van der Waals surface area contributed by atoms with E-state index in [-0.39, 0.29) is 25.1 Å². The van der Waals surface area contributed by atoms with Crippen molar-refractivity contribution in [1.82, 2.24) is 4.57 Å². The highest BCUT2D eigenvalue weighted by Gasteiger charge is 2.10. The normalized spacial score (nSPS) is 12.5. The van der Waals surface area contributed by atoms with E-state index >= 15 is 0 Å². The molecule has 88 valence electrons. The van der Waals surface area contributed by atoms with E-state index in [1.807, 2.05) is 36.0 Å². The van der Waals surface area contributed by atoms with Crippen LogP contribution in [0.1, 0.15) is 11.6 Å². The summed E-state index contributed by atoms with van der Waals surface area (Å²) in [5.41, 5.74) is 7.60. The van der Waals surface area contributed by atoms with E-state index in [2.05, 4.69) is 0 Å². The van der Waals surface area contributed by atoms with Crippen molar-refractivity contribution < 1.29 is 5.11 Å². The number of hydrogen-bond donors (Lipinski definition) is 2. The molecule has 2 rings (SSSR count). The topological polar surface area (TPSA) is 51.2 Å². The highest BCUT2D eigenvalue weighted by atomic mass is 35.5. The van der Waals surface area contributed by atoms with Crippen molar-refractivity contribution in [2.24, 2.45) is 12.8 Å². The zero-order valence-corrected chi connectivity index (χ0v) is 10.4. The Morgan fingerprint density at radius 3 is 2.81 bits per heavy atom. The quantitative estimate of drug-likeness (QED) is 0.871. The molecule has 3 N–H and O–H groups in total. The SMILES string of the molecule is Cl.Cn1ccc2cc([C@H](N)CO)cc(Cl)c21. The number of halogens is 2. The highest BCUT2D eigenvalue weighted by molar-refractivity contribution is 6.35. The van der Waals surface area contributed by atoms with Gasteiger partial charge in [0.15, 0.2) is 0 Å². The summed E-state index contributed by atoms with van der Waals surface area (Å²) in [4.78, 5) is 0. The summed E-state index contributed by atoms with van der Waals surface area (Å²) >= 11 is 6.15. The molecule has 16 heavy (non-hydrogen) atoms. The zero-order chi connectivity index (χ0) is 11.0. The van der Waals surface area contributed by atoms with Gasteiger partial charge in [0, 0.05) is 18.6 Å². The van der Waals surface area contributed by atoms with Crippen molar-refractivity contribution in [3.63, 3.8) is 0 Å². The summed E-state index contributed by atoms with van der Waals surface area (Å²) in [5, 5.41) is 10.7. The van der Waals surface area contributed by atoms with Crippen LogP contribution >= 0.6 is 24.0 Å². The van der Waals surface area contributed by atoms with Crippen molar-refractivity contribution in [3.8, 4) is 0 Å². The molecule has 5 heteroatoms. The zero-order valence-electron chi connectivity index (χ0n) is 8.85. The molecule has 1 atom stereocenters. The molecule has 0 amide bonds. The second-order valence-electron chi connectivity index (χ2n) is 3.66. The minimum absolute atomic E-state index is 0. The molecule has 0 spiro atoms. The molecule has 1 aromatic heterocycles. The maximum Gasteiger partial charge on any atom is 0.0667 e. The predicted octanol–water partition coefficient (Wildman–Crippen LogP) is 2.25. The number of aliphatic hydroxyl groups is 1. The fourth-order valence-corrected chi connectivity index (χ4v) is 2.10. The Kier molecular flexibility index (Phi) is 4.21. The van der Waals surface area contributed by atoms with Crippen LogP contribution in [0.15, 0.2) is 24.4 Å². The van der Waals surface area contributed by atoms with Crippen molar-refractivity contribution in [2.45, 2.75) is 6.04 Å². The summed E-state index contributed by atoms with van der Waals surface area (Å²) in [6.07, 6.45) is 1.95. The van der Waals surface area contributed by atoms with Crippen LogP contribution in [-0.4, -0.2) is 16.3 Å². The summed E-state index contributed by atoms with van der Waals surface area (Å²) in [6.45, 7) is -0.0747. The van der Waals surface area contributed by atoms with Crippen molar-refractivity contribution in [1.29, 1.82) is 0 Å². The van der Waals surface area contributed by atoms with Crippen molar-refractivity contribution in [3.05, 3.63) is 35.0 Å². The lowest BCUT2D eigenvalue weighted by atomic mass is 10.1. The van der Waals surface area contributed by atoms with Crippen LogP contribution < -0.4 is 5.73 Å². The Balaban J connectivity index is 0.00000128. The largest absolute Gasteiger partial charge is 0.394 e. The fourth-order valence-electron chi connectivity index (χ4n) is 1.73. The Labute approximate surface area is 105 Å². The highest BCUT2D eigenvalue weighted by Crippen LogP contribution is 2.27. The maximum atomic E-state index is 8.98. The van der Waals surface area contributed by atoms with Gasteiger partial charge in [-0.25, -0.2) is 0 Å². The van der Waals surface area contributed by atoms with Gasteiger partial charge in [-0.2, -0.15) is 0 Å². The molecule has 0 radical (unpaired) electrons. The molecular formula is C11H14Cl2N2O. The predicted molar refractivity (Wildman–Crippen MR) is 69.2 cm³/mol. The number of aliphatic hydroxyl groups excluding tert-OH is 1. The molecule has 0 saturated carbocycles. The van der Waals surface area contributed by atoms with Crippen LogP contribution in [0.25, 0.3) is 10.9 Å². The maximum absolute atomic E-state index is 8.98. The third-order valence-electron chi connectivity index (χ3n) is 2.57. The number of benzene rings is 1. The molecule has 0 fully saturated rings. The Bertz CT molecular complexity index is 496. The molecule has 3 nitrogen and oxygen atoms in total. The first-order valence-corrected chi connectivity index (χ1v) is 5.12. The number of nitrogens with zero attached hydrogens (tertiary/aromatic N) is 1. The van der Waals surface area contributed by atoms with E-state index in [4.69, 9.17) is 22.4 Å². The summed E-state index contributed by atoms with van der Waals surface area (Å²) in [5.74, 6) is 0. The number of rotatable bonds is 2. The van der Waals surface area contributed by atoms with E-state index < -0.39 is 0 Å². The Morgan fingerprint density at radius 1 is 1.50 bits per heavy atom. The van der Waals surface area contributed by atoms with Gasteiger partial charge in [-0.05, 0) is 23.8 Å². The van der Waals surface area contributed by atoms with Gasteiger partial charge < -0.3 is 15.4 Å². The van der Waals surface area contributed by atoms with E-state index in [0.717, 1.165) is 16.5 Å². The summed E-state index contributed by atoms with van der Waals surface area (Å²) < 4.78 is 1.96. The molecule has 0 aliphatic carbocycles. The molecule has 0 aliphatic heterocycles. The van der Waals surface area contributed by atoms with E-state index in [9.17, 15) is 0 Å². The third kappa shape index (κ3) is 2.18. The Hall–Kier alpha value is -0.740. The molecule has 1 heterocycles. The van der Waals surface area contributed by atoms with Gasteiger partial charge in [-0.15, -0.1) is 12.4 Å². The second-order valence-corrected chi connectivity index (χ2v) is 4.06. The van der Waals surface area contributed by atoms with Gasteiger partial charge >= 0.3 is 0 Å². The van der Waals surface area contributed by atoms with Gasteiger partial charge in [0.05, 0.1) is 23.2 Å². The Morgan fingerprint density at radius 2 is 2.19 bits per heavy atom. The first-order valence-electron chi connectivity index (χ1n) is 4.74. The van der Waals surface area contributed by atoms with Crippen molar-refractivity contribution >= 4 is 34.9 Å². The van der Waals surface area contributed by atoms with E-state index in [0.29, 0.717) is 5.02 Å². The number of aryl methyl sites for hydroxylation is 1. The lowest BCUT2D eigenvalue weighted by molar-refractivity contribution is 0.268. The average Bonchev–Trinajstić information content (AvgIpc) is 2.59. The minimum Gasteiger partial charge on any atom is -0.394 e. The van der Waals surface area contributed by atoms with Crippen molar-refractivity contribution in [2.75, 3.05) is 6.61 Å². The first kappa shape index (κ1) is 13.3. The van der Waals surface area contributed by atoms with Crippen LogP contribution in [-0.2, 0) is 7.05 Å². The van der Waals surface area contributed by atoms with Gasteiger partial charge in [-0.1, -0.05) is 11.6 Å². The average molecular weight is 261 g/mol. The first-order chi connectivity index (χ1) is 7.13. The molecule has 1 aromatic carbocycles. The monoisotopic (exact) mass is 260 g/mol. The fraction of sp³-hybridized carbons (Fsp3) is 0.273. The van der Waals surface area contributed by atoms with Crippen LogP contribution in [0, 0.1) is 0 Å². The summed E-state index contributed by atoms with van der Waals surface area (Å²) in [7, 11) is 1.94. The van der Waals surface area contributed by atoms with Crippen LogP contribution in [0.3, 0.4) is 0 Å². The molecule has 0 aliphatic rings. The van der Waals surface area contributed by atoms with Gasteiger partial charge in [0.2, 0.25) is 0 Å². The minimum atomic E-state index is -0.368. The number of hydrogen-bond acceptors (Lipinski definition) is 2. The number of nitrogens with two attached hydrogens (primary N) is 1. The van der Waals surface area contributed by atoms with Gasteiger partial charge in [0.25, 0.3) is 0 Å². The molecule has 0 saturated heterocycles. The molecule has 0 unspecified atom stereocenters. The van der Waals surface area contributed by atoms with E-state index in [1.165, 1.54) is 0 Å². The van der Waals surface area contributed by atoms with Crippen LogP contribution in [0.4, 0.5) is 0 Å². The van der Waals surface area contributed by atoms with Gasteiger partial charge in [-0.3, -0.25) is 0 Å². The number of fused-ring (bicyclic) bond motifs is 1. The molecular weight excluding hydrogens is 247 g/mol.